The summed E-state index contributed by atoms with van der Waals surface area (Å²) in [6.45, 7) is 4.72. The van der Waals surface area contributed by atoms with Crippen LogP contribution in [0.5, 0.6) is 11.5 Å². The molecule has 0 N–H and O–H groups in total. The number of rotatable bonds is 9. The monoisotopic (exact) mass is 340 g/mol. The van der Waals surface area contributed by atoms with Crippen LogP contribution in [-0.4, -0.2) is 13.2 Å². The fourth-order valence-corrected chi connectivity index (χ4v) is 3.66. The van der Waals surface area contributed by atoms with Crippen LogP contribution in [0.15, 0.2) is 12.1 Å². The molecule has 1 aromatic rings. The fourth-order valence-electron chi connectivity index (χ4n) is 3.66. The molecule has 0 amide bonds. The third kappa shape index (κ3) is 5.35. The summed E-state index contributed by atoms with van der Waals surface area (Å²) in [6, 6.07) is 2.87. The van der Waals surface area contributed by atoms with Gasteiger partial charge in [0.15, 0.2) is 11.5 Å². The molecule has 0 atom stereocenters. The molecule has 4 heteroatoms. The molecular weight excluding hydrogens is 310 g/mol. The van der Waals surface area contributed by atoms with E-state index >= 15 is 0 Å². The van der Waals surface area contributed by atoms with Gasteiger partial charge in [0.25, 0.3) is 0 Å². The number of halogens is 2. The van der Waals surface area contributed by atoms with Crippen molar-refractivity contribution in [1.82, 2.24) is 0 Å². The van der Waals surface area contributed by atoms with Gasteiger partial charge in [-0.2, -0.15) is 8.78 Å². The molecule has 1 aliphatic rings. The average Bonchev–Trinajstić information content (AvgIpc) is 2.59. The summed E-state index contributed by atoms with van der Waals surface area (Å²) in [5.41, 5.74) is 0. The van der Waals surface area contributed by atoms with Gasteiger partial charge in [-0.1, -0.05) is 45.4 Å². The third-order valence-corrected chi connectivity index (χ3v) is 4.99. The Morgan fingerprint density at radius 2 is 1.42 bits per heavy atom. The number of ether oxygens (including phenoxy) is 2. The van der Waals surface area contributed by atoms with Crippen molar-refractivity contribution in [2.24, 2.45) is 11.8 Å². The molecule has 0 aliphatic heterocycles. The second-order valence-electron chi connectivity index (χ2n) is 6.79. The molecule has 2 nitrogen and oxygen atoms in total. The topological polar surface area (TPSA) is 18.5 Å². The molecular formula is C20H30F2O2. The number of hydrogen-bond donors (Lipinski definition) is 0. The molecule has 1 saturated carbocycles. The van der Waals surface area contributed by atoms with Crippen molar-refractivity contribution in [2.45, 2.75) is 65.2 Å². The summed E-state index contributed by atoms with van der Waals surface area (Å²) < 4.78 is 38.1. The van der Waals surface area contributed by atoms with E-state index in [2.05, 4.69) is 6.92 Å². The van der Waals surface area contributed by atoms with E-state index in [1.807, 2.05) is 0 Å². The van der Waals surface area contributed by atoms with Crippen LogP contribution in [0.4, 0.5) is 8.78 Å². The quantitative estimate of drug-likeness (QED) is 0.503. The molecule has 1 aromatic carbocycles. The van der Waals surface area contributed by atoms with E-state index in [4.69, 9.17) is 9.47 Å². The van der Waals surface area contributed by atoms with Gasteiger partial charge in [-0.05, 0) is 43.7 Å². The Balaban J connectivity index is 1.70. The lowest BCUT2D eigenvalue weighted by molar-refractivity contribution is 0.225. The van der Waals surface area contributed by atoms with Crippen LogP contribution in [0.1, 0.15) is 65.2 Å². The van der Waals surface area contributed by atoms with E-state index in [-0.39, 0.29) is 11.5 Å². The first-order valence-electron chi connectivity index (χ1n) is 9.39. The molecule has 1 aliphatic carbocycles. The minimum Gasteiger partial charge on any atom is -0.491 e. The van der Waals surface area contributed by atoms with E-state index < -0.39 is 11.6 Å². The molecule has 0 radical (unpaired) electrons. The van der Waals surface area contributed by atoms with Crippen molar-refractivity contribution in [2.75, 3.05) is 13.2 Å². The summed E-state index contributed by atoms with van der Waals surface area (Å²) >= 11 is 0. The molecule has 2 rings (SSSR count). The van der Waals surface area contributed by atoms with Gasteiger partial charge in [-0.3, -0.25) is 0 Å². The minimum atomic E-state index is -0.969. The lowest BCUT2D eigenvalue weighted by atomic mass is 9.78. The molecule has 136 valence electrons. The predicted octanol–water partition coefficient (Wildman–Crippen LogP) is 6.13. The summed E-state index contributed by atoms with van der Waals surface area (Å²) in [5.74, 6) is -0.328. The van der Waals surface area contributed by atoms with Crippen LogP contribution in [-0.2, 0) is 0 Å². The molecule has 0 bridgehead atoms. The van der Waals surface area contributed by atoms with Crippen LogP contribution >= 0.6 is 0 Å². The van der Waals surface area contributed by atoms with Crippen molar-refractivity contribution >= 4 is 0 Å². The maximum Gasteiger partial charge on any atom is 0.204 e. The minimum absolute atomic E-state index is 0.0254. The number of hydrogen-bond acceptors (Lipinski definition) is 2. The van der Waals surface area contributed by atoms with Crippen molar-refractivity contribution in [3.05, 3.63) is 23.8 Å². The highest BCUT2D eigenvalue weighted by molar-refractivity contribution is 5.34. The first-order chi connectivity index (χ1) is 11.7. The maximum absolute atomic E-state index is 13.9. The van der Waals surface area contributed by atoms with Gasteiger partial charge in [0.05, 0.1) is 13.2 Å². The molecule has 0 spiro atoms. The van der Waals surface area contributed by atoms with Crippen molar-refractivity contribution in [3.8, 4) is 11.5 Å². The third-order valence-electron chi connectivity index (χ3n) is 4.99. The summed E-state index contributed by atoms with van der Waals surface area (Å²) in [6.07, 6.45) is 9.94. The van der Waals surface area contributed by atoms with E-state index in [0.717, 1.165) is 24.7 Å². The van der Waals surface area contributed by atoms with Gasteiger partial charge in [-0.25, -0.2) is 0 Å². The van der Waals surface area contributed by atoms with Gasteiger partial charge >= 0.3 is 0 Å². The molecule has 0 heterocycles. The lowest BCUT2D eigenvalue weighted by Crippen LogP contribution is -2.15. The normalized spacial score (nSPS) is 20.8. The Morgan fingerprint density at radius 1 is 0.875 bits per heavy atom. The van der Waals surface area contributed by atoms with Crippen LogP contribution in [0, 0.1) is 23.5 Å². The largest absolute Gasteiger partial charge is 0.491 e. The summed E-state index contributed by atoms with van der Waals surface area (Å²) in [4.78, 5) is 0. The lowest BCUT2D eigenvalue weighted by Gasteiger charge is -2.28. The van der Waals surface area contributed by atoms with Gasteiger partial charge in [-0.15, -0.1) is 0 Å². The first-order valence-corrected chi connectivity index (χ1v) is 9.39. The Hall–Kier alpha value is -1.32. The van der Waals surface area contributed by atoms with Gasteiger partial charge < -0.3 is 9.47 Å². The van der Waals surface area contributed by atoms with Crippen LogP contribution < -0.4 is 9.47 Å². The highest BCUT2D eigenvalue weighted by atomic mass is 19.2. The molecule has 0 saturated heterocycles. The second-order valence-corrected chi connectivity index (χ2v) is 6.79. The highest BCUT2D eigenvalue weighted by Crippen LogP contribution is 2.34. The maximum atomic E-state index is 13.9. The SMILES string of the molecule is CCCC1CCC(CCCOc2ccc(OCC)c(F)c2F)CC1. The predicted molar refractivity (Wildman–Crippen MR) is 92.6 cm³/mol. The zero-order chi connectivity index (χ0) is 17.4. The molecule has 24 heavy (non-hydrogen) atoms. The van der Waals surface area contributed by atoms with E-state index in [1.54, 1.807) is 6.92 Å². The smallest absolute Gasteiger partial charge is 0.204 e. The van der Waals surface area contributed by atoms with Crippen molar-refractivity contribution in [1.29, 1.82) is 0 Å². The van der Waals surface area contributed by atoms with Gasteiger partial charge in [0, 0.05) is 0 Å². The highest BCUT2D eigenvalue weighted by Gasteiger charge is 2.20. The molecule has 0 aromatic heterocycles. The summed E-state index contributed by atoms with van der Waals surface area (Å²) in [7, 11) is 0. The van der Waals surface area contributed by atoms with E-state index in [1.165, 1.54) is 50.7 Å². The van der Waals surface area contributed by atoms with E-state index in [9.17, 15) is 8.78 Å². The Kier molecular flexibility index (Phi) is 7.80. The average molecular weight is 340 g/mol. The van der Waals surface area contributed by atoms with Gasteiger partial charge in [0.2, 0.25) is 11.6 Å². The first kappa shape index (κ1) is 19.0. The number of benzene rings is 1. The zero-order valence-corrected chi connectivity index (χ0v) is 15.0. The Bertz CT molecular complexity index is 497. The van der Waals surface area contributed by atoms with Gasteiger partial charge in [0.1, 0.15) is 0 Å². The fraction of sp³-hybridized carbons (Fsp3) is 0.700. The molecule has 0 unspecified atom stereocenters. The van der Waals surface area contributed by atoms with Crippen molar-refractivity contribution in [3.63, 3.8) is 0 Å². The summed E-state index contributed by atoms with van der Waals surface area (Å²) in [5, 5.41) is 0. The standard InChI is InChI=1S/C20H30F2O2/c1-3-6-15-8-10-16(11-9-15)7-5-14-24-18-13-12-17(23-4-2)19(21)20(18)22/h12-13,15-16H,3-11,14H2,1-2H3. The van der Waals surface area contributed by atoms with Crippen LogP contribution in [0.25, 0.3) is 0 Å². The van der Waals surface area contributed by atoms with E-state index in [0.29, 0.717) is 13.2 Å². The zero-order valence-electron chi connectivity index (χ0n) is 15.0. The van der Waals surface area contributed by atoms with Crippen LogP contribution in [0.2, 0.25) is 0 Å². The van der Waals surface area contributed by atoms with Crippen molar-refractivity contribution < 1.29 is 18.3 Å². The second kappa shape index (κ2) is 9.85. The Labute approximate surface area is 144 Å². The molecule has 1 fully saturated rings. The Morgan fingerprint density at radius 3 is 1.96 bits per heavy atom. The van der Waals surface area contributed by atoms with Crippen LogP contribution in [0.3, 0.4) is 0 Å².